The minimum absolute atomic E-state index is 0.123. The van der Waals surface area contributed by atoms with Crippen LogP contribution in [0.2, 0.25) is 0 Å². The Morgan fingerprint density at radius 3 is 2.12 bits per heavy atom. The van der Waals surface area contributed by atoms with Crippen molar-refractivity contribution in [1.82, 2.24) is 5.32 Å². The third-order valence-corrected chi connectivity index (χ3v) is 6.20. The van der Waals surface area contributed by atoms with Crippen LogP contribution in [-0.4, -0.2) is 57.6 Å². The number of hydrogen-bond donors (Lipinski definition) is 5. The van der Waals surface area contributed by atoms with Crippen molar-refractivity contribution in [3.8, 4) is 5.75 Å². The molecule has 0 saturated heterocycles. The number of hydrogen-bond acceptors (Lipinski definition) is 8. The molecule has 15 heteroatoms. The van der Waals surface area contributed by atoms with Crippen LogP contribution in [0.3, 0.4) is 0 Å². The number of ketones is 1. The molecule has 0 aliphatic heterocycles. The van der Waals surface area contributed by atoms with Crippen molar-refractivity contribution in [2.75, 3.05) is 0 Å². The lowest BCUT2D eigenvalue weighted by Crippen LogP contribution is -2.48. The minimum atomic E-state index is -3.14. The van der Waals surface area contributed by atoms with Crippen LogP contribution in [0.15, 0.2) is 30.3 Å². The number of esters is 1. The number of rotatable bonds is 11. The van der Waals surface area contributed by atoms with Gasteiger partial charge in [0.2, 0.25) is 5.91 Å². The molecule has 0 saturated carbocycles. The summed E-state index contributed by atoms with van der Waals surface area (Å²) >= 11 is 1.01. The molecule has 0 radical (unpaired) electrons. The zero-order valence-corrected chi connectivity index (χ0v) is 22.7. The molecule has 0 aliphatic rings. The average Bonchev–Trinajstić information content (AvgIpc) is 3.27. The molecule has 1 aromatic heterocycles. The van der Waals surface area contributed by atoms with Crippen molar-refractivity contribution < 1.29 is 52.1 Å². The third kappa shape index (κ3) is 10.5. The van der Waals surface area contributed by atoms with Gasteiger partial charge in [-0.15, -0.1) is 11.3 Å². The molecule has 2 rings (SSSR count). The molecule has 1 heterocycles. The first-order valence-corrected chi connectivity index (χ1v) is 12.2. The minimum Gasteiger partial charge on any atom is -0.481 e. The van der Waals surface area contributed by atoms with E-state index in [-0.39, 0.29) is 28.4 Å². The molecule has 0 aliphatic carbocycles. The van der Waals surface area contributed by atoms with Crippen LogP contribution in [0.5, 0.6) is 5.75 Å². The second-order valence-electron chi connectivity index (χ2n) is 9.18. The number of amidine groups is 1. The zero-order valence-electron chi connectivity index (χ0n) is 21.8. The number of Topliss-reactive ketones (excluding diaryl/α,β-unsaturated/α-hetero) is 1. The number of carboxylic acid groups (broad SMARTS) is 2. The number of carboxylic acids is 2. The van der Waals surface area contributed by atoms with Crippen molar-refractivity contribution in [3.05, 3.63) is 51.5 Å². The smallest absolute Gasteiger partial charge is 0.353 e. The van der Waals surface area contributed by atoms with Crippen LogP contribution in [-0.2, 0) is 25.6 Å². The fourth-order valence-electron chi connectivity index (χ4n) is 2.73. The van der Waals surface area contributed by atoms with E-state index >= 15 is 0 Å². The largest absolute Gasteiger partial charge is 0.481 e. The third-order valence-electron chi connectivity index (χ3n) is 5.14. The van der Waals surface area contributed by atoms with Crippen LogP contribution >= 0.6 is 11.3 Å². The highest BCUT2D eigenvalue weighted by molar-refractivity contribution is 7.14. The number of nitrogens with two attached hydrogens (primary N) is 1. The quantitative estimate of drug-likeness (QED) is 0.113. The van der Waals surface area contributed by atoms with Crippen molar-refractivity contribution in [2.45, 2.75) is 52.5 Å². The Morgan fingerprint density at radius 2 is 1.68 bits per heavy atom. The number of halogens is 3. The van der Waals surface area contributed by atoms with E-state index in [0.717, 1.165) is 24.3 Å². The number of alkyl halides is 2. The lowest BCUT2D eigenvalue weighted by molar-refractivity contribution is -0.148. The fraction of sp³-hybridized carbons (Fsp3) is 0.360. The Morgan fingerprint density at radius 1 is 1.10 bits per heavy atom. The molecule has 6 N–H and O–H groups in total. The van der Waals surface area contributed by atoms with Gasteiger partial charge in [0.05, 0.1) is 6.42 Å². The number of ether oxygens (including phenoxy) is 1. The van der Waals surface area contributed by atoms with Crippen LogP contribution in [0, 0.1) is 16.6 Å². The summed E-state index contributed by atoms with van der Waals surface area (Å²) < 4.78 is 42.1. The molecule has 1 atom stereocenters. The van der Waals surface area contributed by atoms with Gasteiger partial charge < -0.3 is 26.0 Å². The Labute approximate surface area is 230 Å². The van der Waals surface area contributed by atoms with Gasteiger partial charge in [-0.25, -0.2) is 14.0 Å². The highest BCUT2D eigenvalue weighted by Crippen LogP contribution is 2.28. The first kappa shape index (κ1) is 33.8. The Bertz CT molecular complexity index is 1300. The first-order valence-electron chi connectivity index (χ1n) is 11.3. The molecular formula is C25H28F3N3O8S. The molecule has 40 heavy (non-hydrogen) atoms. The average molecular weight is 588 g/mol. The topological polar surface area (TPSA) is 197 Å². The van der Waals surface area contributed by atoms with Gasteiger partial charge in [-0.3, -0.25) is 19.8 Å². The summed E-state index contributed by atoms with van der Waals surface area (Å²) in [5.41, 5.74) is 4.31. The SMILES string of the molecule is CC(=O)C(C)(F)F.CC(C)(Cc1ccc(C(=O)Oc2ccc(C(=N)N)cc2F)s1)C(=O)NC(CC(=O)O)C(=O)O. The highest BCUT2D eigenvalue weighted by Gasteiger charge is 2.33. The monoisotopic (exact) mass is 587 g/mol. The molecule has 1 amide bonds. The van der Waals surface area contributed by atoms with Crippen molar-refractivity contribution in [2.24, 2.45) is 11.1 Å². The van der Waals surface area contributed by atoms with Gasteiger partial charge in [0.15, 0.2) is 17.3 Å². The van der Waals surface area contributed by atoms with E-state index < -0.39 is 59.2 Å². The molecule has 2 aromatic rings. The Balaban J connectivity index is 0.00000101. The maximum atomic E-state index is 14.1. The number of amides is 1. The van der Waals surface area contributed by atoms with Gasteiger partial charge in [-0.2, -0.15) is 8.78 Å². The molecule has 0 spiro atoms. The van der Waals surface area contributed by atoms with Crippen LogP contribution in [0.25, 0.3) is 0 Å². The Kier molecular flexibility index (Phi) is 11.6. The molecule has 0 fully saturated rings. The van der Waals surface area contributed by atoms with E-state index in [1.54, 1.807) is 19.9 Å². The second-order valence-corrected chi connectivity index (χ2v) is 10.4. The maximum absolute atomic E-state index is 14.1. The number of nitrogen functional groups attached to an aromatic ring is 1. The van der Waals surface area contributed by atoms with E-state index in [1.165, 1.54) is 18.2 Å². The van der Waals surface area contributed by atoms with Gasteiger partial charge >= 0.3 is 23.8 Å². The molecular weight excluding hydrogens is 559 g/mol. The van der Waals surface area contributed by atoms with Crippen LogP contribution in [0.1, 0.15) is 54.2 Å². The molecule has 1 unspecified atom stereocenters. The summed E-state index contributed by atoms with van der Waals surface area (Å²) in [5.74, 6) is -10.1. The number of thiophene rings is 1. The number of aliphatic carboxylic acids is 2. The lowest BCUT2D eigenvalue weighted by Gasteiger charge is -2.25. The highest BCUT2D eigenvalue weighted by atomic mass is 32.1. The summed E-state index contributed by atoms with van der Waals surface area (Å²) in [4.78, 5) is 57.4. The maximum Gasteiger partial charge on any atom is 0.353 e. The van der Waals surface area contributed by atoms with Crippen LogP contribution in [0.4, 0.5) is 13.2 Å². The Hall–Kier alpha value is -4.27. The summed E-state index contributed by atoms with van der Waals surface area (Å²) in [5, 5.41) is 27.4. The van der Waals surface area contributed by atoms with E-state index in [2.05, 4.69) is 5.32 Å². The normalized spacial score (nSPS) is 11.9. The van der Waals surface area contributed by atoms with Crippen molar-refractivity contribution in [3.63, 3.8) is 0 Å². The van der Waals surface area contributed by atoms with E-state index in [4.69, 9.17) is 26.1 Å². The van der Waals surface area contributed by atoms with Gasteiger partial charge in [0.1, 0.15) is 16.8 Å². The predicted molar refractivity (Wildman–Crippen MR) is 137 cm³/mol. The second kappa shape index (κ2) is 13.7. The number of carbonyl (C=O) groups is 5. The summed E-state index contributed by atoms with van der Waals surface area (Å²) in [6.07, 6.45) is -0.645. The summed E-state index contributed by atoms with van der Waals surface area (Å²) in [7, 11) is 0. The summed E-state index contributed by atoms with van der Waals surface area (Å²) in [6.45, 7) is 4.53. The first-order chi connectivity index (χ1) is 18.2. The van der Waals surface area contributed by atoms with Crippen molar-refractivity contribution >= 4 is 46.8 Å². The number of benzene rings is 1. The fourth-order valence-corrected chi connectivity index (χ4v) is 3.84. The predicted octanol–water partition coefficient (Wildman–Crippen LogP) is 3.23. The van der Waals surface area contributed by atoms with Gasteiger partial charge in [0.25, 0.3) is 0 Å². The molecule has 1 aromatic carbocycles. The molecule has 0 bridgehead atoms. The van der Waals surface area contributed by atoms with Gasteiger partial charge in [0, 0.05) is 29.7 Å². The van der Waals surface area contributed by atoms with E-state index in [9.17, 15) is 37.1 Å². The van der Waals surface area contributed by atoms with E-state index in [1.807, 2.05) is 0 Å². The zero-order chi connectivity index (χ0) is 31.0. The lowest BCUT2D eigenvalue weighted by atomic mass is 9.87. The number of carbonyl (C=O) groups excluding carboxylic acids is 3. The molecule has 11 nitrogen and oxygen atoms in total. The van der Waals surface area contributed by atoms with Crippen molar-refractivity contribution in [1.29, 1.82) is 5.41 Å². The summed E-state index contributed by atoms with van der Waals surface area (Å²) in [6, 6.07) is 4.94. The number of nitrogens with one attached hydrogen (secondary N) is 2. The van der Waals surface area contributed by atoms with Gasteiger partial charge in [-0.05, 0) is 36.8 Å². The standard InChI is InChI=1S/C21H22FN3O7S.C4H6F2O/c1-21(2,20(31)25-13(18(28)29)8-16(26)27)9-11-4-6-15(33-11)19(30)32-14-5-3-10(17(23)24)7-12(14)22;1-3(7)4(2,5)6/h3-7,13H,8-9H2,1-2H3,(H3,23,24)(H,25,31)(H,26,27)(H,28,29);1-2H3. The van der Waals surface area contributed by atoms with E-state index in [0.29, 0.717) is 11.8 Å². The van der Waals surface area contributed by atoms with Gasteiger partial charge in [-0.1, -0.05) is 13.8 Å². The van der Waals surface area contributed by atoms with Crippen LogP contribution < -0.4 is 15.8 Å². The molecule has 218 valence electrons.